The van der Waals surface area contributed by atoms with Gasteiger partial charge in [0, 0.05) is 12.0 Å². The van der Waals surface area contributed by atoms with Crippen LogP contribution in [0.2, 0.25) is 0 Å². The lowest BCUT2D eigenvalue weighted by atomic mass is 9.88. The Bertz CT molecular complexity index is 452. The van der Waals surface area contributed by atoms with Crippen molar-refractivity contribution in [1.29, 1.82) is 0 Å². The fourth-order valence-electron chi connectivity index (χ4n) is 3.07. The quantitative estimate of drug-likeness (QED) is 0.861. The minimum absolute atomic E-state index is 0.108. The van der Waals surface area contributed by atoms with Crippen LogP contribution in [0.15, 0.2) is 16.6 Å². The summed E-state index contributed by atoms with van der Waals surface area (Å²) in [4.78, 5) is 0. The lowest BCUT2D eigenvalue weighted by Crippen LogP contribution is -2.33. The Morgan fingerprint density at radius 3 is 2.76 bits per heavy atom. The van der Waals surface area contributed by atoms with Crippen molar-refractivity contribution in [2.75, 3.05) is 0 Å². The van der Waals surface area contributed by atoms with Crippen LogP contribution < -0.4 is 10.5 Å². The van der Waals surface area contributed by atoms with Crippen molar-refractivity contribution in [3.8, 4) is 5.75 Å². The van der Waals surface area contributed by atoms with E-state index in [1.54, 1.807) is 0 Å². The molecule has 0 saturated heterocycles. The Morgan fingerprint density at radius 1 is 1.35 bits per heavy atom. The van der Waals surface area contributed by atoms with Gasteiger partial charge in [-0.25, -0.2) is 0 Å². The van der Waals surface area contributed by atoms with Crippen LogP contribution in [0.25, 0.3) is 0 Å². The molecule has 0 bridgehead atoms. The van der Waals surface area contributed by atoms with Gasteiger partial charge in [-0.15, -0.1) is 0 Å². The van der Waals surface area contributed by atoms with Gasteiger partial charge in [0.1, 0.15) is 11.9 Å². The maximum Gasteiger partial charge on any atom is 0.137 e. The molecule has 1 heterocycles. The number of benzene rings is 1. The second-order valence-electron chi connectivity index (χ2n) is 5.44. The van der Waals surface area contributed by atoms with Crippen LogP contribution in [-0.4, -0.2) is 6.10 Å². The zero-order valence-corrected chi connectivity index (χ0v) is 11.7. The molecule has 1 unspecified atom stereocenters. The van der Waals surface area contributed by atoms with E-state index in [1.807, 2.05) is 0 Å². The molecular formula is C14H18BrNO. The molecule has 0 amide bonds. The van der Waals surface area contributed by atoms with Crippen LogP contribution in [0.1, 0.15) is 43.7 Å². The third kappa shape index (κ3) is 1.89. The molecular weight excluding hydrogens is 278 g/mol. The van der Waals surface area contributed by atoms with Crippen LogP contribution in [0.4, 0.5) is 0 Å². The molecule has 1 aromatic carbocycles. The number of nitrogens with two attached hydrogens (primary N) is 1. The van der Waals surface area contributed by atoms with E-state index in [0.29, 0.717) is 0 Å². The number of fused-ring (bicyclic) bond motifs is 1. The van der Waals surface area contributed by atoms with Crippen LogP contribution >= 0.6 is 15.9 Å². The highest BCUT2D eigenvalue weighted by Crippen LogP contribution is 2.43. The first-order chi connectivity index (χ1) is 8.08. The Balaban J connectivity index is 2.03. The highest BCUT2D eigenvalue weighted by molar-refractivity contribution is 9.10. The summed E-state index contributed by atoms with van der Waals surface area (Å²) in [6, 6.07) is 4.41. The van der Waals surface area contributed by atoms with E-state index in [-0.39, 0.29) is 11.6 Å². The predicted molar refractivity (Wildman–Crippen MR) is 72.3 cm³/mol. The summed E-state index contributed by atoms with van der Waals surface area (Å²) in [7, 11) is 0. The van der Waals surface area contributed by atoms with E-state index < -0.39 is 0 Å². The summed E-state index contributed by atoms with van der Waals surface area (Å²) in [6.07, 6.45) is 5.99. The largest absolute Gasteiger partial charge is 0.489 e. The number of hydrogen-bond donors (Lipinski definition) is 1. The Hall–Kier alpha value is -0.540. The molecule has 1 aliphatic heterocycles. The first kappa shape index (κ1) is 11.5. The normalized spacial score (nSPS) is 25.7. The predicted octanol–water partition coefficient (Wildman–Crippen LogP) is 3.50. The van der Waals surface area contributed by atoms with Gasteiger partial charge in [0.15, 0.2) is 0 Å². The number of halogens is 1. The van der Waals surface area contributed by atoms with Crippen molar-refractivity contribution in [3.63, 3.8) is 0 Å². The average Bonchev–Trinajstić information content (AvgIpc) is 2.85. The first-order valence-electron chi connectivity index (χ1n) is 6.37. The minimum atomic E-state index is -0.108. The third-order valence-corrected chi connectivity index (χ3v) is 4.61. The SMILES string of the molecule is CC1Cc2cc(C3(N)CCCC3)cc(Br)c2O1. The molecule has 1 aromatic rings. The van der Waals surface area contributed by atoms with Gasteiger partial charge < -0.3 is 10.5 Å². The van der Waals surface area contributed by atoms with Crippen molar-refractivity contribution in [1.82, 2.24) is 0 Å². The van der Waals surface area contributed by atoms with Crippen molar-refractivity contribution in [2.24, 2.45) is 5.73 Å². The number of rotatable bonds is 1. The van der Waals surface area contributed by atoms with Crippen molar-refractivity contribution < 1.29 is 4.74 Å². The van der Waals surface area contributed by atoms with E-state index in [0.717, 1.165) is 29.5 Å². The second-order valence-corrected chi connectivity index (χ2v) is 6.30. The smallest absolute Gasteiger partial charge is 0.137 e. The second kappa shape index (κ2) is 3.99. The van der Waals surface area contributed by atoms with Gasteiger partial charge in [-0.05, 0) is 52.9 Å². The molecule has 0 spiro atoms. The van der Waals surface area contributed by atoms with Crippen LogP contribution in [0, 0.1) is 0 Å². The van der Waals surface area contributed by atoms with Crippen molar-refractivity contribution >= 4 is 15.9 Å². The van der Waals surface area contributed by atoms with Gasteiger partial charge in [-0.1, -0.05) is 18.9 Å². The fraction of sp³-hybridized carbons (Fsp3) is 0.571. The molecule has 1 atom stereocenters. The Labute approximate surface area is 111 Å². The van der Waals surface area contributed by atoms with Crippen molar-refractivity contribution in [3.05, 3.63) is 27.7 Å². The highest BCUT2D eigenvalue weighted by Gasteiger charge is 2.33. The van der Waals surface area contributed by atoms with Gasteiger partial charge in [0.2, 0.25) is 0 Å². The molecule has 0 aromatic heterocycles. The number of hydrogen-bond acceptors (Lipinski definition) is 2. The molecule has 92 valence electrons. The van der Waals surface area contributed by atoms with E-state index in [9.17, 15) is 0 Å². The van der Waals surface area contributed by atoms with E-state index >= 15 is 0 Å². The van der Waals surface area contributed by atoms with Crippen LogP contribution in [-0.2, 0) is 12.0 Å². The molecule has 17 heavy (non-hydrogen) atoms. The Kier molecular flexibility index (Phi) is 2.71. The third-order valence-electron chi connectivity index (χ3n) is 4.02. The Morgan fingerprint density at radius 2 is 2.06 bits per heavy atom. The molecule has 2 N–H and O–H groups in total. The van der Waals surface area contributed by atoms with Crippen LogP contribution in [0.5, 0.6) is 5.75 Å². The van der Waals surface area contributed by atoms with Crippen LogP contribution in [0.3, 0.4) is 0 Å². The molecule has 1 saturated carbocycles. The van der Waals surface area contributed by atoms with Crippen molar-refractivity contribution in [2.45, 2.75) is 50.7 Å². The summed E-state index contributed by atoms with van der Waals surface area (Å²) in [5, 5.41) is 0. The van der Waals surface area contributed by atoms with Gasteiger partial charge >= 0.3 is 0 Å². The van der Waals surface area contributed by atoms with Gasteiger partial charge in [0.05, 0.1) is 4.47 Å². The standard InChI is InChI=1S/C14H18BrNO/c1-9-6-10-7-11(8-12(15)13(10)17-9)14(16)4-2-3-5-14/h7-9H,2-6,16H2,1H3. The molecule has 3 heteroatoms. The zero-order valence-electron chi connectivity index (χ0n) is 10.1. The molecule has 2 nitrogen and oxygen atoms in total. The summed E-state index contributed by atoms with van der Waals surface area (Å²) >= 11 is 3.62. The maximum absolute atomic E-state index is 6.52. The van der Waals surface area contributed by atoms with Gasteiger partial charge in [0.25, 0.3) is 0 Å². The molecule has 1 fully saturated rings. The summed E-state index contributed by atoms with van der Waals surface area (Å²) in [5.74, 6) is 1.02. The summed E-state index contributed by atoms with van der Waals surface area (Å²) < 4.78 is 6.86. The molecule has 2 aliphatic rings. The van der Waals surface area contributed by atoms with E-state index in [4.69, 9.17) is 10.5 Å². The molecule has 1 aliphatic carbocycles. The fourth-order valence-corrected chi connectivity index (χ4v) is 3.66. The molecule has 3 rings (SSSR count). The van der Waals surface area contributed by atoms with E-state index in [2.05, 4.69) is 35.0 Å². The van der Waals surface area contributed by atoms with Gasteiger partial charge in [-0.2, -0.15) is 0 Å². The maximum atomic E-state index is 6.52. The monoisotopic (exact) mass is 295 g/mol. The van der Waals surface area contributed by atoms with E-state index in [1.165, 1.54) is 24.0 Å². The topological polar surface area (TPSA) is 35.2 Å². The average molecular weight is 296 g/mol. The lowest BCUT2D eigenvalue weighted by molar-refractivity contribution is 0.253. The van der Waals surface area contributed by atoms with Gasteiger partial charge in [-0.3, -0.25) is 0 Å². The highest BCUT2D eigenvalue weighted by atomic mass is 79.9. The lowest BCUT2D eigenvalue weighted by Gasteiger charge is -2.25. The first-order valence-corrected chi connectivity index (χ1v) is 7.16. The molecule has 0 radical (unpaired) electrons. The summed E-state index contributed by atoms with van der Waals surface area (Å²) in [5.41, 5.74) is 8.99. The summed E-state index contributed by atoms with van der Waals surface area (Å²) in [6.45, 7) is 2.11. The number of ether oxygens (including phenoxy) is 1. The zero-order chi connectivity index (χ0) is 12.0. The minimum Gasteiger partial charge on any atom is -0.489 e.